The lowest BCUT2D eigenvalue weighted by Gasteiger charge is -2.31. The van der Waals surface area contributed by atoms with Crippen LogP contribution in [0, 0.1) is 0 Å². The van der Waals surface area contributed by atoms with E-state index in [4.69, 9.17) is 14.2 Å². The van der Waals surface area contributed by atoms with Gasteiger partial charge < -0.3 is 23.8 Å². The first-order valence-electron chi connectivity index (χ1n) is 22.2. The van der Waals surface area contributed by atoms with Crippen LogP contribution in [0.3, 0.4) is 0 Å². The van der Waals surface area contributed by atoms with E-state index in [0.717, 1.165) is 70.6 Å². The molecule has 0 fully saturated rings. The van der Waals surface area contributed by atoms with Crippen LogP contribution in [0.2, 0.25) is 0 Å². The van der Waals surface area contributed by atoms with E-state index in [2.05, 4.69) is 62.5 Å². The smallest absolute Gasteiger partial charge is 0.362 e. The van der Waals surface area contributed by atoms with Crippen LogP contribution in [0.25, 0.3) is 0 Å². The summed E-state index contributed by atoms with van der Waals surface area (Å²) < 4.78 is 17.3. The summed E-state index contributed by atoms with van der Waals surface area (Å²) >= 11 is 0. The Morgan fingerprint density at radius 2 is 1.02 bits per heavy atom. The highest BCUT2D eigenvalue weighted by Gasteiger charge is 2.31. The lowest BCUT2D eigenvalue weighted by atomic mass is 10.1. The van der Waals surface area contributed by atoms with Gasteiger partial charge >= 0.3 is 17.9 Å². The number of ether oxygens (including phenoxy) is 3. The predicted molar refractivity (Wildman–Crippen MR) is 229 cm³/mol. The number of aliphatic carboxylic acids is 1. The molecule has 0 spiro atoms. The maximum absolute atomic E-state index is 12.7. The van der Waals surface area contributed by atoms with Gasteiger partial charge in [-0.05, 0) is 70.6 Å². The van der Waals surface area contributed by atoms with Crippen LogP contribution in [-0.4, -0.2) is 80.6 Å². The number of nitrogens with zero attached hydrogens (tertiary/aromatic N) is 1. The molecule has 0 saturated carbocycles. The summed E-state index contributed by atoms with van der Waals surface area (Å²) in [6.07, 6.45) is 44.3. The van der Waals surface area contributed by atoms with Crippen LogP contribution >= 0.6 is 0 Å². The van der Waals surface area contributed by atoms with Gasteiger partial charge in [-0.15, -0.1) is 0 Å². The van der Waals surface area contributed by atoms with Crippen molar-refractivity contribution in [2.45, 2.75) is 193 Å². The molecule has 0 amide bonds. The van der Waals surface area contributed by atoms with E-state index in [1.54, 1.807) is 0 Å². The minimum absolute atomic E-state index is 0.0547. The zero-order chi connectivity index (χ0) is 40.7. The van der Waals surface area contributed by atoms with Gasteiger partial charge in [-0.25, -0.2) is 4.79 Å². The van der Waals surface area contributed by atoms with Crippen molar-refractivity contribution in [3.8, 4) is 0 Å². The molecule has 0 saturated heterocycles. The standard InChI is InChI=1S/C47H83NO7/c1-6-8-10-12-14-16-18-20-22-23-24-26-28-30-32-34-36-38-46(50)55-43(41-53-40-39-44(47(51)52)48(3,4)5)42-54-45(49)37-35-33-31-29-27-25-21-19-17-15-13-11-9-7-2/h9,11,14-17,20,22,43-44H,6-8,10,12-13,18-19,21,23-42H2,1-5H3/p+1/b11-9+,16-14+,17-15+,22-20+. The molecule has 0 radical (unpaired) electrons. The molecule has 0 aromatic rings. The monoisotopic (exact) mass is 775 g/mol. The fourth-order valence-corrected chi connectivity index (χ4v) is 6.28. The summed E-state index contributed by atoms with van der Waals surface area (Å²) in [5.41, 5.74) is 0. The second kappa shape index (κ2) is 38.2. The summed E-state index contributed by atoms with van der Waals surface area (Å²) in [5, 5.41) is 9.62. The molecule has 0 bridgehead atoms. The summed E-state index contributed by atoms with van der Waals surface area (Å²) in [4.78, 5) is 37.0. The number of carboxylic acid groups (broad SMARTS) is 1. The Morgan fingerprint density at radius 1 is 0.564 bits per heavy atom. The van der Waals surface area contributed by atoms with Crippen LogP contribution in [0.15, 0.2) is 48.6 Å². The van der Waals surface area contributed by atoms with Gasteiger partial charge in [0.05, 0.1) is 34.4 Å². The molecule has 1 N–H and O–H groups in total. The SMILES string of the molecule is CC/C=C/C/C=C/CCCCCCCCCC(=O)OCC(COCCC(C(=O)O)[N+](C)(C)C)OC(=O)CCCCCCCCC/C=C/C/C=C/CCCCC. The van der Waals surface area contributed by atoms with E-state index >= 15 is 0 Å². The quantitative estimate of drug-likeness (QED) is 0.0287. The number of rotatable bonds is 39. The highest BCUT2D eigenvalue weighted by molar-refractivity contribution is 5.72. The molecule has 0 rings (SSSR count). The van der Waals surface area contributed by atoms with Gasteiger partial charge in [0.1, 0.15) is 6.61 Å². The Labute approximate surface area is 337 Å². The Kier molecular flexibility index (Phi) is 36.3. The van der Waals surface area contributed by atoms with Crippen molar-refractivity contribution in [1.29, 1.82) is 0 Å². The molecule has 0 aromatic carbocycles. The van der Waals surface area contributed by atoms with Gasteiger partial charge in [0, 0.05) is 19.3 Å². The molecule has 0 aromatic heterocycles. The van der Waals surface area contributed by atoms with Crippen molar-refractivity contribution in [2.75, 3.05) is 41.0 Å². The third-order valence-corrected chi connectivity index (χ3v) is 9.71. The molecular formula is C47H84NO7+. The summed E-state index contributed by atoms with van der Waals surface area (Å²) in [7, 11) is 5.52. The topological polar surface area (TPSA) is 99.1 Å². The van der Waals surface area contributed by atoms with Crippen LogP contribution < -0.4 is 0 Å². The van der Waals surface area contributed by atoms with E-state index in [-0.39, 0.29) is 36.2 Å². The Balaban J connectivity index is 4.36. The van der Waals surface area contributed by atoms with E-state index in [1.165, 1.54) is 77.0 Å². The fourth-order valence-electron chi connectivity index (χ4n) is 6.28. The Bertz CT molecular complexity index is 1040. The molecule has 318 valence electrons. The van der Waals surface area contributed by atoms with Crippen molar-refractivity contribution >= 4 is 17.9 Å². The van der Waals surface area contributed by atoms with Gasteiger partial charge in [0.15, 0.2) is 12.1 Å². The third-order valence-electron chi connectivity index (χ3n) is 9.71. The predicted octanol–water partition coefficient (Wildman–Crippen LogP) is 12.0. The minimum atomic E-state index is -0.879. The van der Waals surface area contributed by atoms with E-state index in [1.807, 2.05) is 21.1 Å². The highest BCUT2D eigenvalue weighted by atomic mass is 16.6. The van der Waals surface area contributed by atoms with Crippen molar-refractivity contribution in [3.05, 3.63) is 48.6 Å². The van der Waals surface area contributed by atoms with Gasteiger partial charge in [0.25, 0.3) is 0 Å². The van der Waals surface area contributed by atoms with Crippen LogP contribution in [0.1, 0.15) is 181 Å². The van der Waals surface area contributed by atoms with Crippen LogP contribution in [0.4, 0.5) is 0 Å². The van der Waals surface area contributed by atoms with E-state index < -0.39 is 18.1 Å². The Hall–Kier alpha value is -2.71. The fraction of sp³-hybridized carbons (Fsp3) is 0.766. The highest BCUT2D eigenvalue weighted by Crippen LogP contribution is 2.14. The van der Waals surface area contributed by atoms with Crippen LogP contribution in [-0.2, 0) is 28.6 Å². The molecule has 8 nitrogen and oxygen atoms in total. The normalized spacial score (nSPS) is 13.4. The van der Waals surface area contributed by atoms with Crippen molar-refractivity contribution in [3.63, 3.8) is 0 Å². The first kappa shape index (κ1) is 52.3. The second-order valence-electron chi connectivity index (χ2n) is 15.9. The number of likely N-dealkylation sites (N-methyl/N-ethyl adjacent to an activating group) is 1. The number of allylic oxidation sites excluding steroid dienone is 8. The molecule has 8 heteroatoms. The number of unbranched alkanes of at least 4 members (excludes halogenated alkanes) is 17. The largest absolute Gasteiger partial charge is 0.477 e. The molecule has 0 aliphatic heterocycles. The molecule has 0 aliphatic carbocycles. The van der Waals surface area contributed by atoms with Crippen molar-refractivity contribution in [1.82, 2.24) is 0 Å². The molecule has 2 atom stereocenters. The number of carbonyl (C=O) groups is 3. The summed E-state index contributed by atoms with van der Waals surface area (Å²) in [6, 6.07) is -0.617. The number of quaternary nitrogens is 1. The zero-order valence-corrected chi connectivity index (χ0v) is 36.1. The average Bonchev–Trinajstić information content (AvgIpc) is 3.14. The van der Waals surface area contributed by atoms with E-state index in [9.17, 15) is 19.5 Å². The van der Waals surface area contributed by atoms with Gasteiger partial charge in [-0.1, -0.05) is 140 Å². The number of hydrogen-bond acceptors (Lipinski definition) is 6. The third kappa shape index (κ3) is 36.7. The maximum atomic E-state index is 12.7. The van der Waals surface area contributed by atoms with Crippen molar-refractivity contribution in [2.24, 2.45) is 0 Å². The lowest BCUT2D eigenvalue weighted by molar-refractivity contribution is -0.887. The van der Waals surface area contributed by atoms with Gasteiger partial charge in [0.2, 0.25) is 0 Å². The Morgan fingerprint density at radius 3 is 1.49 bits per heavy atom. The molecule has 2 unspecified atom stereocenters. The minimum Gasteiger partial charge on any atom is -0.477 e. The second-order valence-corrected chi connectivity index (χ2v) is 15.9. The van der Waals surface area contributed by atoms with Crippen molar-refractivity contribution < 1.29 is 38.2 Å². The molecular weight excluding hydrogens is 691 g/mol. The molecule has 55 heavy (non-hydrogen) atoms. The molecule has 0 aliphatic rings. The average molecular weight is 775 g/mol. The number of esters is 2. The van der Waals surface area contributed by atoms with Gasteiger partial charge in [-0.3, -0.25) is 9.59 Å². The molecule has 0 heterocycles. The summed E-state index contributed by atoms with van der Waals surface area (Å²) in [6.45, 7) is 4.59. The van der Waals surface area contributed by atoms with Gasteiger partial charge in [-0.2, -0.15) is 0 Å². The lowest BCUT2D eigenvalue weighted by Crippen LogP contribution is -2.50. The zero-order valence-electron chi connectivity index (χ0n) is 36.1. The number of hydrogen-bond donors (Lipinski definition) is 1. The first-order valence-corrected chi connectivity index (χ1v) is 22.2. The summed E-state index contributed by atoms with van der Waals surface area (Å²) in [5.74, 6) is -1.49. The van der Waals surface area contributed by atoms with Crippen LogP contribution in [0.5, 0.6) is 0 Å². The number of carboxylic acids is 1. The maximum Gasteiger partial charge on any atom is 0.362 e. The number of carbonyl (C=O) groups excluding carboxylic acids is 2. The van der Waals surface area contributed by atoms with E-state index in [0.29, 0.717) is 19.3 Å². The first-order chi connectivity index (χ1) is 26.6.